The molecule has 1 saturated heterocycles. The lowest BCUT2D eigenvalue weighted by atomic mass is 10.2. The number of likely N-dealkylation sites (tertiary alicyclic amines) is 1. The number of aliphatic hydroxyl groups is 1. The summed E-state index contributed by atoms with van der Waals surface area (Å²) in [6.45, 7) is 3.10. The van der Waals surface area contributed by atoms with Crippen molar-refractivity contribution in [3.05, 3.63) is 18.2 Å². The van der Waals surface area contributed by atoms with E-state index in [0.717, 1.165) is 12.8 Å². The summed E-state index contributed by atoms with van der Waals surface area (Å²) in [4.78, 5) is 27.5. The number of rotatable bonds is 3. The fourth-order valence-electron chi connectivity index (χ4n) is 3.11. The Balaban J connectivity index is 1.78. The Morgan fingerprint density at radius 3 is 3.04 bits per heavy atom. The van der Waals surface area contributed by atoms with E-state index < -0.39 is 0 Å². The van der Waals surface area contributed by atoms with Crippen LogP contribution in [0.25, 0.3) is 0 Å². The van der Waals surface area contributed by atoms with E-state index in [4.69, 9.17) is 4.74 Å². The molecule has 3 amide bonds. The summed E-state index contributed by atoms with van der Waals surface area (Å²) >= 11 is 0. The molecule has 1 aromatic carbocycles. The highest BCUT2D eigenvalue weighted by molar-refractivity contribution is 5.99. The summed E-state index contributed by atoms with van der Waals surface area (Å²) in [5.41, 5.74) is 1.27. The maximum absolute atomic E-state index is 12.4. The quantitative estimate of drug-likeness (QED) is 0.883. The largest absolute Gasteiger partial charge is 0.482 e. The number of benzene rings is 1. The van der Waals surface area contributed by atoms with Crippen LogP contribution in [-0.2, 0) is 4.79 Å². The van der Waals surface area contributed by atoms with Crippen LogP contribution in [-0.4, -0.2) is 54.3 Å². The van der Waals surface area contributed by atoms with E-state index >= 15 is 0 Å². The average molecular weight is 319 g/mol. The van der Waals surface area contributed by atoms with Gasteiger partial charge in [-0.2, -0.15) is 0 Å². The van der Waals surface area contributed by atoms with E-state index in [2.05, 4.69) is 5.32 Å². The molecule has 0 aromatic heterocycles. The monoisotopic (exact) mass is 319 g/mol. The third-order valence-corrected chi connectivity index (χ3v) is 4.32. The lowest BCUT2D eigenvalue weighted by Crippen LogP contribution is -2.40. The van der Waals surface area contributed by atoms with Gasteiger partial charge < -0.3 is 25.0 Å². The standard InChI is InChI=1S/C16H21N3O4/c1-2-18-13-8-11(5-6-14(13)23-10-15(18)21)17-16(22)19-7-3-4-12(19)9-20/h5-6,8,12,20H,2-4,7,9-10H2,1H3,(H,17,22)/t12-/m1/s1. The predicted octanol–water partition coefficient (Wildman–Crippen LogP) is 1.42. The zero-order chi connectivity index (χ0) is 16.4. The molecule has 124 valence electrons. The van der Waals surface area contributed by atoms with Gasteiger partial charge in [-0.1, -0.05) is 0 Å². The van der Waals surface area contributed by atoms with Gasteiger partial charge in [0.2, 0.25) is 0 Å². The molecular weight excluding hydrogens is 298 g/mol. The minimum atomic E-state index is -0.229. The van der Waals surface area contributed by atoms with Crippen LogP contribution in [0.4, 0.5) is 16.2 Å². The summed E-state index contributed by atoms with van der Waals surface area (Å²) in [5.74, 6) is 0.544. The second kappa shape index (κ2) is 6.45. The van der Waals surface area contributed by atoms with Gasteiger partial charge in [0.1, 0.15) is 5.75 Å². The van der Waals surface area contributed by atoms with E-state index in [0.29, 0.717) is 30.2 Å². The van der Waals surface area contributed by atoms with E-state index in [1.807, 2.05) is 6.92 Å². The molecule has 1 fully saturated rings. The van der Waals surface area contributed by atoms with Crippen molar-refractivity contribution in [2.75, 3.05) is 36.5 Å². The van der Waals surface area contributed by atoms with Gasteiger partial charge in [-0.05, 0) is 38.0 Å². The molecule has 0 bridgehead atoms. The van der Waals surface area contributed by atoms with Crippen molar-refractivity contribution < 1.29 is 19.4 Å². The number of fused-ring (bicyclic) bond motifs is 1. The van der Waals surface area contributed by atoms with Crippen molar-refractivity contribution in [2.45, 2.75) is 25.8 Å². The second-order valence-corrected chi connectivity index (χ2v) is 5.71. The van der Waals surface area contributed by atoms with Gasteiger partial charge in [0.05, 0.1) is 18.3 Å². The highest BCUT2D eigenvalue weighted by Gasteiger charge is 2.29. The first kappa shape index (κ1) is 15.6. The normalized spacial score (nSPS) is 20.3. The first-order valence-corrected chi connectivity index (χ1v) is 7.89. The van der Waals surface area contributed by atoms with Gasteiger partial charge >= 0.3 is 6.03 Å². The summed E-state index contributed by atoms with van der Waals surface area (Å²) < 4.78 is 5.41. The minimum absolute atomic E-state index is 0.0242. The van der Waals surface area contributed by atoms with Crippen LogP contribution in [0.5, 0.6) is 5.75 Å². The number of anilines is 2. The molecular formula is C16H21N3O4. The van der Waals surface area contributed by atoms with E-state index in [1.54, 1.807) is 28.0 Å². The number of carbonyl (C=O) groups is 2. The van der Waals surface area contributed by atoms with Gasteiger partial charge in [0.15, 0.2) is 6.61 Å². The molecule has 7 heteroatoms. The van der Waals surface area contributed by atoms with Gasteiger partial charge in [-0.3, -0.25) is 4.79 Å². The van der Waals surface area contributed by atoms with Crippen molar-refractivity contribution >= 4 is 23.3 Å². The lowest BCUT2D eigenvalue weighted by molar-refractivity contribution is -0.121. The van der Waals surface area contributed by atoms with Gasteiger partial charge in [0, 0.05) is 18.8 Å². The molecule has 2 N–H and O–H groups in total. The van der Waals surface area contributed by atoms with Crippen LogP contribution in [0.2, 0.25) is 0 Å². The first-order chi connectivity index (χ1) is 11.1. The van der Waals surface area contributed by atoms with Crippen molar-refractivity contribution in [3.63, 3.8) is 0 Å². The molecule has 7 nitrogen and oxygen atoms in total. The zero-order valence-electron chi connectivity index (χ0n) is 13.1. The van der Waals surface area contributed by atoms with Crippen molar-refractivity contribution in [2.24, 2.45) is 0 Å². The molecule has 0 saturated carbocycles. The van der Waals surface area contributed by atoms with Crippen LogP contribution in [0.1, 0.15) is 19.8 Å². The molecule has 0 unspecified atom stereocenters. The van der Waals surface area contributed by atoms with Gasteiger partial charge in [-0.25, -0.2) is 4.79 Å². The Kier molecular flexibility index (Phi) is 4.38. The number of nitrogens with zero attached hydrogens (tertiary/aromatic N) is 2. The Morgan fingerprint density at radius 1 is 1.48 bits per heavy atom. The molecule has 23 heavy (non-hydrogen) atoms. The number of ether oxygens (including phenoxy) is 1. The number of likely N-dealkylation sites (N-methyl/N-ethyl adjacent to an activating group) is 1. The van der Waals surface area contributed by atoms with Crippen LogP contribution >= 0.6 is 0 Å². The Hall–Kier alpha value is -2.28. The third kappa shape index (κ3) is 2.96. The van der Waals surface area contributed by atoms with E-state index in [-0.39, 0.29) is 31.2 Å². The SMILES string of the molecule is CCN1C(=O)COc2ccc(NC(=O)N3CCC[C@@H]3CO)cc21. The highest BCUT2D eigenvalue weighted by atomic mass is 16.5. The summed E-state index contributed by atoms with van der Waals surface area (Å²) in [6.07, 6.45) is 1.72. The molecule has 3 rings (SSSR count). The second-order valence-electron chi connectivity index (χ2n) is 5.71. The average Bonchev–Trinajstić information content (AvgIpc) is 3.03. The molecule has 0 spiro atoms. The number of hydrogen-bond donors (Lipinski definition) is 2. The first-order valence-electron chi connectivity index (χ1n) is 7.89. The lowest BCUT2D eigenvalue weighted by Gasteiger charge is -2.29. The smallest absolute Gasteiger partial charge is 0.322 e. The third-order valence-electron chi connectivity index (χ3n) is 4.32. The Bertz CT molecular complexity index is 619. The number of amides is 3. The van der Waals surface area contributed by atoms with E-state index in [9.17, 15) is 14.7 Å². The fraction of sp³-hybridized carbons (Fsp3) is 0.500. The van der Waals surface area contributed by atoms with Crippen molar-refractivity contribution in [1.29, 1.82) is 0 Å². The zero-order valence-corrected chi connectivity index (χ0v) is 13.1. The molecule has 1 atom stereocenters. The van der Waals surface area contributed by atoms with Crippen LogP contribution in [0, 0.1) is 0 Å². The topological polar surface area (TPSA) is 82.1 Å². The number of carbonyl (C=O) groups excluding carboxylic acids is 2. The van der Waals surface area contributed by atoms with Crippen molar-refractivity contribution in [3.8, 4) is 5.75 Å². The molecule has 0 aliphatic carbocycles. The van der Waals surface area contributed by atoms with Gasteiger partial charge in [0.25, 0.3) is 5.91 Å². The summed E-state index contributed by atoms with van der Waals surface area (Å²) in [5, 5.41) is 12.2. The van der Waals surface area contributed by atoms with Gasteiger partial charge in [-0.15, -0.1) is 0 Å². The Morgan fingerprint density at radius 2 is 2.30 bits per heavy atom. The molecule has 0 radical (unpaired) electrons. The minimum Gasteiger partial charge on any atom is -0.482 e. The number of urea groups is 1. The van der Waals surface area contributed by atoms with Crippen LogP contribution in [0.3, 0.4) is 0 Å². The highest BCUT2D eigenvalue weighted by Crippen LogP contribution is 2.34. The fourth-order valence-corrected chi connectivity index (χ4v) is 3.11. The van der Waals surface area contributed by atoms with Crippen molar-refractivity contribution in [1.82, 2.24) is 4.90 Å². The Labute approximate surface area is 134 Å². The number of aliphatic hydroxyl groups excluding tert-OH is 1. The van der Waals surface area contributed by atoms with Crippen LogP contribution < -0.4 is 15.0 Å². The molecule has 2 heterocycles. The maximum Gasteiger partial charge on any atom is 0.322 e. The molecule has 1 aromatic rings. The molecule has 2 aliphatic rings. The van der Waals surface area contributed by atoms with E-state index in [1.165, 1.54) is 0 Å². The predicted molar refractivity (Wildman–Crippen MR) is 85.8 cm³/mol. The number of nitrogens with one attached hydrogen (secondary N) is 1. The summed E-state index contributed by atoms with van der Waals surface area (Å²) in [6, 6.07) is 4.91. The van der Waals surface area contributed by atoms with Crippen LogP contribution in [0.15, 0.2) is 18.2 Å². The number of hydrogen-bond acceptors (Lipinski definition) is 4. The molecule has 2 aliphatic heterocycles. The summed E-state index contributed by atoms with van der Waals surface area (Å²) in [7, 11) is 0. The maximum atomic E-state index is 12.4.